The van der Waals surface area contributed by atoms with Gasteiger partial charge in [-0.25, -0.2) is 4.98 Å². The minimum atomic E-state index is -0.836. The van der Waals surface area contributed by atoms with E-state index in [9.17, 15) is 4.79 Å². The highest BCUT2D eigenvalue weighted by Gasteiger charge is 2.13. The number of thioether (sulfide) groups is 1. The first-order valence-corrected chi connectivity index (χ1v) is 8.77. The summed E-state index contributed by atoms with van der Waals surface area (Å²) in [5.41, 5.74) is 1.91. The quantitative estimate of drug-likeness (QED) is 0.675. The van der Waals surface area contributed by atoms with Gasteiger partial charge in [0.05, 0.1) is 27.1 Å². The van der Waals surface area contributed by atoms with E-state index in [1.165, 1.54) is 16.6 Å². The third-order valence-corrected chi connectivity index (χ3v) is 5.46. The molecule has 2 heterocycles. The maximum Gasteiger partial charge on any atom is 0.313 e. The topological polar surface area (TPSA) is 55.1 Å². The number of aliphatic carboxylic acids is 1. The van der Waals surface area contributed by atoms with Crippen LogP contribution in [0.25, 0.3) is 11.0 Å². The lowest BCUT2D eigenvalue weighted by Gasteiger charge is -2.06. The summed E-state index contributed by atoms with van der Waals surface area (Å²) in [6.45, 7) is 0.693. The molecule has 0 unspecified atom stereocenters. The fourth-order valence-electron chi connectivity index (χ4n) is 2.04. The van der Waals surface area contributed by atoms with Gasteiger partial charge in [0.1, 0.15) is 0 Å². The number of carboxylic acid groups (broad SMARTS) is 1. The molecule has 0 aliphatic rings. The van der Waals surface area contributed by atoms with Crippen LogP contribution in [0, 0.1) is 0 Å². The summed E-state index contributed by atoms with van der Waals surface area (Å²) in [6.07, 6.45) is 0. The molecule has 0 bridgehead atoms. The second-order valence-corrected chi connectivity index (χ2v) is 7.85. The van der Waals surface area contributed by atoms with E-state index < -0.39 is 5.97 Å². The van der Waals surface area contributed by atoms with Crippen LogP contribution < -0.4 is 0 Å². The van der Waals surface area contributed by atoms with Gasteiger partial charge in [-0.1, -0.05) is 23.9 Å². The van der Waals surface area contributed by atoms with Crippen LogP contribution in [0.1, 0.15) is 4.88 Å². The van der Waals surface area contributed by atoms with E-state index in [0.29, 0.717) is 6.54 Å². The minimum absolute atomic E-state index is 0.0114. The van der Waals surface area contributed by atoms with Crippen LogP contribution in [0.15, 0.2) is 45.3 Å². The summed E-state index contributed by atoms with van der Waals surface area (Å²) in [5.74, 6) is -0.824. The molecular weight excluding hydrogens is 372 g/mol. The molecule has 108 valence electrons. The van der Waals surface area contributed by atoms with Gasteiger partial charge in [0.25, 0.3) is 0 Å². The zero-order chi connectivity index (χ0) is 14.8. The van der Waals surface area contributed by atoms with Gasteiger partial charge >= 0.3 is 5.97 Å². The van der Waals surface area contributed by atoms with Crippen LogP contribution in [-0.4, -0.2) is 26.4 Å². The average molecular weight is 383 g/mol. The van der Waals surface area contributed by atoms with E-state index in [2.05, 4.69) is 31.5 Å². The summed E-state index contributed by atoms with van der Waals surface area (Å²) in [4.78, 5) is 16.5. The van der Waals surface area contributed by atoms with Crippen molar-refractivity contribution in [3.05, 3.63) is 45.1 Å². The lowest BCUT2D eigenvalue weighted by Crippen LogP contribution is -2.03. The smallest absolute Gasteiger partial charge is 0.313 e. The Morgan fingerprint density at radius 2 is 2.14 bits per heavy atom. The van der Waals surface area contributed by atoms with E-state index in [-0.39, 0.29) is 5.75 Å². The SMILES string of the molecule is O=C(O)CSc1nc2ccccc2n1Cc1ccc(Br)s1. The Morgan fingerprint density at radius 3 is 2.86 bits per heavy atom. The van der Waals surface area contributed by atoms with Gasteiger partial charge in [0.15, 0.2) is 5.16 Å². The van der Waals surface area contributed by atoms with Crippen LogP contribution in [0.3, 0.4) is 0 Å². The van der Waals surface area contributed by atoms with Gasteiger partial charge < -0.3 is 9.67 Å². The van der Waals surface area contributed by atoms with Crippen molar-refractivity contribution >= 4 is 56.0 Å². The van der Waals surface area contributed by atoms with Crippen LogP contribution in [0.4, 0.5) is 0 Å². The monoisotopic (exact) mass is 382 g/mol. The van der Waals surface area contributed by atoms with Crippen LogP contribution in [-0.2, 0) is 11.3 Å². The molecule has 0 spiro atoms. The number of carboxylic acids is 1. The number of thiophene rings is 1. The standard InChI is InChI=1S/C14H11BrN2O2S2/c15-12-6-5-9(21-12)7-17-11-4-2-1-3-10(11)16-14(17)20-8-13(18)19/h1-6H,7-8H2,(H,18,19). The second-order valence-electron chi connectivity index (χ2n) is 4.36. The minimum Gasteiger partial charge on any atom is -0.481 e. The van der Waals surface area contributed by atoms with Crippen molar-refractivity contribution in [1.29, 1.82) is 0 Å². The summed E-state index contributed by atoms with van der Waals surface area (Å²) in [6, 6.07) is 11.9. The van der Waals surface area contributed by atoms with Gasteiger partial charge in [-0.3, -0.25) is 4.79 Å². The van der Waals surface area contributed by atoms with Crippen molar-refractivity contribution in [2.45, 2.75) is 11.7 Å². The molecule has 0 fully saturated rings. The van der Waals surface area contributed by atoms with Gasteiger partial charge in [0, 0.05) is 4.88 Å². The van der Waals surface area contributed by atoms with Crippen LogP contribution in [0.5, 0.6) is 0 Å². The first-order chi connectivity index (χ1) is 10.1. The Hall–Kier alpha value is -1.31. The van der Waals surface area contributed by atoms with E-state index in [1.54, 1.807) is 11.3 Å². The van der Waals surface area contributed by atoms with Gasteiger partial charge in [-0.15, -0.1) is 11.3 Å². The Labute approximate surface area is 137 Å². The lowest BCUT2D eigenvalue weighted by atomic mass is 10.3. The number of nitrogens with zero attached hydrogens (tertiary/aromatic N) is 2. The number of fused-ring (bicyclic) bond motifs is 1. The Kier molecular flexibility index (Phi) is 4.32. The third-order valence-electron chi connectivity index (χ3n) is 2.89. The molecule has 3 aromatic rings. The average Bonchev–Trinajstić information content (AvgIpc) is 3.01. The normalized spacial score (nSPS) is 11.1. The highest BCUT2D eigenvalue weighted by atomic mass is 79.9. The third kappa shape index (κ3) is 3.30. The molecule has 0 amide bonds. The first kappa shape index (κ1) is 14.6. The Balaban J connectivity index is 2.00. The molecule has 1 N–H and O–H groups in total. The summed E-state index contributed by atoms with van der Waals surface area (Å²) in [5, 5.41) is 9.61. The number of hydrogen-bond donors (Lipinski definition) is 1. The molecule has 21 heavy (non-hydrogen) atoms. The van der Waals surface area contributed by atoms with Crippen LogP contribution in [0.2, 0.25) is 0 Å². The highest BCUT2D eigenvalue weighted by Crippen LogP contribution is 2.28. The van der Waals surface area contributed by atoms with Crippen molar-refractivity contribution in [3.8, 4) is 0 Å². The molecule has 0 aliphatic carbocycles. The molecule has 0 saturated heterocycles. The van der Waals surface area contributed by atoms with E-state index >= 15 is 0 Å². The van der Waals surface area contributed by atoms with Crippen molar-refractivity contribution < 1.29 is 9.90 Å². The molecule has 2 aromatic heterocycles. The number of aromatic nitrogens is 2. The second kappa shape index (κ2) is 6.21. The van der Waals surface area contributed by atoms with E-state index in [0.717, 1.165) is 20.0 Å². The molecule has 0 radical (unpaired) electrons. The lowest BCUT2D eigenvalue weighted by molar-refractivity contribution is -0.133. The van der Waals surface area contributed by atoms with E-state index in [1.807, 2.05) is 30.3 Å². The fraction of sp³-hybridized carbons (Fsp3) is 0.143. The number of rotatable bonds is 5. The zero-order valence-electron chi connectivity index (χ0n) is 10.8. The maximum absolute atomic E-state index is 10.8. The highest BCUT2D eigenvalue weighted by molar-refractivity contribution is 9.11. The maximum atomic E-state index is 10.8. The number of imidazole rings is 1. The molecule has 0 aliphatic heterocycles. The molecule has 3 rings (SSSR count). The van der Waals surface area contributed by atoms with Crippen LogP contribution >= 0.6 is 39.0 Å². The number of hydrogen-bond acceptors (Lipinski definition) is 4. The summed E-state index contributed by atoms with van der Waals surface area (Å²) < 4.78 is 3.16. The predicted octanol–water partition coefficient (Wildman–Crippen LogP) is 4.09. The molecule has 7 heteroatoms. The molecule has 0 atom stereocenters. The Morgan fingerprint density at radius 1 is 1.33 bits per heavy atom. The Bertz CT molecular complexity index is 797. The first-order valence-electron chi connectivity index (χ1n) is 6.17. The summed E-state index contributed by atoms with van der Waals surface area (Å²) >= 11 is 6.39. The number of para-hydroxylation sites is 2. The molecule has 0 saturated carbocycles. The van der Waals surface area contributed by atoms with Gasteiger partial charge in [-0.2, -0.15) is 0 Å². The van der Waals surface area contributed by atoms with Crippen molar-refractivity contribution in [3.63, 3.8) is 0 Å². The van der Waals surface area contributed by atoms with Crippen molar-refractivity contribution in [2.24, 2.45) is 0 Å². The molecule has 4 nitrogen and oxygen atoms in total. The van der Waals surface area contributed by atoms with E-state index in [4.69, 9.17) is 5.11 Å². The summed E-state index contributed by atoms with van der Waals surface area (Å²) in [7, 11) is 0. The van der Waals surface area contributed by atoms with Gasteiger partial charge in [-0.05, 0) is 40.2 Å². The molecule has 1 aromatic carbocycles. The zero-order valence-corrected chi connectivity index (χ0v) is 14.0. The number of halogens is 1. The fourth-order valence-corrected chi connectivity index (χ4v) is 4.24. The number of carbonyl (C=O) groups is 1. The largest absolute Gasteiger partial charge is 0.481 e. The van der Waals surface area contributed by atoms with Crippen molar-refractivity contribution in [2.75, 3.05) is 5.75 Å². The van der Waals surface area contributed by atoms with Gasteiger partial charge in [0.2, 0.25) is 0 Å². The molecular formula is C14H11BrN2O2S2. The predicted molar refractivity (Wildman–Crippen MR) is 89.2 cm³/mol. The number of benzene rings is 1. The van der Waals surface area contributed by atoms with Crippen molar-refractivity contribution in [1.82, 2.24) is 9.55 Å².